The molecule has 5 nitrogen and oxygen atoms in total. The minimum absolute atomic E-state index is 0.289. The van der Waals surface area contributed by atoms with Gasteiger partial charge >= 0.3 is 0 Å². The van der Waals surface area contributed by atoms with Gasteiger partial charge in [0.15, 0.2) is 5.01 Å². The van der Waals surface area contributed by atoms with Crippen LogP contribution >= 0.6 is 22.9 Å². The zero-order chi connectivity index (χ0) is 14.7. The van der Waals surface area contributed by atoms with Gasteiger partial charge in [0.25, 0.3) is 5.91 Å². The second-order valence-electron chi connectivity index (χ2n) is 4.27. The van der Waals surface area contributed by atoms with Crippen molar-refractivity contribution in [3.63, 3.8) is 0 Å². The molecule has 0 aliphatic rings. The van der Waals surface area contributed by atoms with Crippen LogP contribution in [0.25, 0.3) is 0 Å². The van der Waals surface area contributed by atoms with E-state index in [1.165, 1.54) is 11.3 Å². The Hall–Kier alpha value is -1.63. The molecule has 0 aliphatic heterocycles. The first-order valence-corrected chi connectivity index (χ1v) is 7.12. The molecule has 0 saturated heterocycles. The van der Waals surface area contributed by atoms with E-state index in [-0.39, 0.29) is 6.61 Å². The third-order valence-corrected chi connectivity index (χ3v) is 3.77. The molecule has 106 valence electrons. The molecule has 20 heavy (non-hydrogen) atoms. The Morgan fingerprint density at radius 2 is 2.10 bits per heavy atom. The highest BCUT2D eigenvalue weighted by atomic mass is 35.5. The van der Waals surface area contributed by atoms with Crippen molar-refractivity contribution in [2.45, 2.75) is 20.5 Å². The van der Waals surface area contributed by atoms with Crippen molar-refractivity contribution >= 4 is 28.8 Å². The van der Waals surface area contributed by atoms with Crippen molar-refractivity contribution < 1.29 is 9.53 Å². The molecular formula is C13H14ClN3O2S. The lowest BCUT2D eigenvalue weighted by Crippen LogP contribution is -2.29. The van der Waals surface area contributed by atoms with E-state index in [4.69, 9.17) is 22.2 Å². The number of rotatable bonds is 4. The number of hydrazine groups is 1. The first-order chi connectivity index (χ1) is 9.51. The maximum Gasteiger partial charge on any atom is 0.294 e. The number of carbonyl (C=O) groups is 1. The first kappa shape index (κ1) is 14.8. The number of aryl methyl sites for hydroxylation is 2. The Bertz CT molecular complexity index is 619. The van der Waals surface area contributed by atoms with Crippen LogP contribution in [0.4, 0.5) is 0 Å². The van der Waals surface area contributed by atoms with E-state index < -0.39 is 5.91 Å². The number of halogens is 1. The summed E-state index contributed by atoms with van der Waals surface area (Å²) in [5.41, 5.74) is 4.66. The monoisotopic (exact) mass is 311 g/mol. The number of ether oxygens (including phenoxy) is 1. The van der Waals surface area contributed by atoms with E-state index in [0.29, 0.717) is 15.7 Å². The maximum atomic E-state index is 11.3. The molecule has 0 spiro atoms. The standard InChI is InChI=1S/C13H14ClN3O2S/c1-7-3-9(14)4-8(2)11(7)19-5-10-6-20-13(16-10)12(18)17-15/h3-4,6H,5,15H2,1-2H3,(H,17,18). The van der Waals surface area contributed by atoms with Crippen LogP contribution in [0.3, 0.4) is 0 Å². The van der Waals surface area contributed by atoms with E-state index in [1.54, 1.807) is 5.38 Å². The third-order valence-electron chi connectivity index (χ3n) is 2.67. The Labute approximate surface area is 125 Å². The van der Waals surface area contributed by atoms with Gasteiger partial charge in [0.2, 0.25) is 0 Å². The molecule has 1 heterocycles. The van der Waals surface area contributed by atoms with Crippen LogP contribution in [0.1, 0.15) is 26.6 Å². The molecule has 0 radical (unpaired) electrons. The quantitative estimate of drug-likeness (QED) is 0.517. The van der Waals surface area contributed by atoms with Gasteiger partial charge in [-0.2, -0.15) is 0 Å². The van der Waals surface area contributed by atoms with Gasteiger partial charge in [-0.1, -0.05) is 11.6 Å². The minimum atomic E-state index is -0.403. The summed E-state index contributed by atoms with van der Waals surface area (Å²) in [4.78, 5) is 15.5. The summed E-state index contributed by atoms with van der Waals surface area (Å²) < 4.78 is 5.76. The fraction of sp³-hybridized carbons (Fsp3) is 0.231. The van der Waals surface area contributed by atoms with E-state index in [1.807, 2.05) is 31.4 Å². The second-order valence-corrected chi connectivity index (χ2v) is 5.57. The van der Waals surface area contributed by atoms with Crippen LogP contribution < -0.4 is 16.0 Å². The van der Waals surface area contributed by atoms with Crippen molar-refractivity contribution in [3.8, 4) is 5.75 Å². The highest BCUT2D eigenvalue weighted by Gasteiger charge is 2.11. The molecule has 0 aliphatic carbocycles. The van der Waals surface area contributed by atoms with Crippen molar-refractivity contribution in [3.05, 3.63) is 44.4 Å². The lowest BCUT2D eigenvalue weighted by molar-refractivity contribution is 0.0953. The predicted octanol–water partition coefficient (Wildman–Crippen LogP) is 2.60. The Morgan fingerprint density at radius 3 is 2.70 bits per heavy atom. The summed E-state index contributed by atoms with van der Waals surface area (Å²) in [6.45, 7) is 4.16. The Kier molecular flexibility index (Phi) is 4.59. The van der Waals surface area contributed by atoms with Crippen LogP contribution in [-0.2, 0) is 6.61 Å². The number of nitrogen functional groups attached to an aromatic ring is 1. The Balaban J connectivity index is 2.09. The van der Waals surface area contributed by atoms with Gasteiger partial charge in [-0.25, -0.2) is 10.8 Å². The minimum Gasteiger partial charge on any atom is -0.487 e. The average molecular weight is 312 g/mol. The number of thiazole rings is 1. The zero-order valence-corrected chi connectivity index (χ0v) is 12.6. The Morgan fingerprint density at radius 1 is 1.45 bits per heavy atom. The van der Waals surface area contributed by atoms with E-state index in [9.17, 15) is 4.79 Å². The number of benzene rings is 1. The van der Waals surface area contributed by atoms with Crippen LogP contribution in [0, 0.1) is 13.8 Å². The number of hydrogen-bond donors (Lipinski definition) is 2. The van der Waals surface area contributed by atoms with Crippen molar-refractivity contribution in [1.82, 2.24) is 10.4 Å². The van der Waals surface area contributed by atoms with Gasteiger partial charge < -0.3 is 4.74 Å². The normalized spacial score (nSPS) is 10.4. The van der Waals surface area contributed by atoms with Crippen molar-refractivity contribution in [1.29, 1.82) is 0 Å². The van der Waals surface area contributed by atoms with Gasteiger partial charge in [0, 0.05) is 10.4 Å². The summed E-state index contributed by atoms with van der Waals surface area (Å²) >= 11 is 7.19. The maximum absolute atomic E-state index is 11.3. The first-order valence-electron chi connectivity index (χ1n) is 5.86. The van der Waals surface area contributed by atoms with Crippen LogP contribution in [0.5, 0.6) is 5.75 Å². The van der Waals surface area contributed by atoms with Crippen molar-refractivity contribution in [2.24, 2.45) is 5.84 Å². The summed E-state index contributed by atoms with van der Waals surface area (Å²) in [5.74, 6) is 5.44. The molecule has 1 aromatic carbocycles. The molecule has 2 rings (SSSR count). The highest BCUT2D eigenvalue weighted by Crippen LogP contribution is 2.27. The smallest absolute Gasteiger partial charge is 0.294 e. The van der Waals surface area contributed by atoms with Gasteiger partial charge in [-0.3, -0.25) is 10.2 Å². The molecule has 0 fully saturated rings. The highest BCUT2D eigenvalue weighted by molar-refractivity contribution is 7.11. The fourth-order valence-electron chi connectivity index (χ4n) is 1.81. The topological polar surface area (TPSA) is 77.2 Å². The molecule has 7 heteroatoms. The van der Waals surface area contributed by atoms with Crippen LogP contribution in [-0.4, -0.2) is 10.9 Å². The SMILES string of the molecule is Cc1cc(Cl)cc(C)c1OCc1csc(C(=O)NN)n1. The molecule has 2 aromatic rings. The number of amides is 1. The molecule has 1 amide bonds. The van der Waals surface area contributed by atoms with Gasteiger partial charge in [-0.05, 0) is 37.1 Å². The summed E-state index contributed by atoms with van der Waals surface area (Å²) in [7, 11) is 0. The van der Waals surface area contributed by atoms with E-state index in [0.717, 1.165) is 16.9 Å². The number of carbonyl (C=O) groups excluding carboxylic acids is 1. The van der Waals surface area contributed by atoms with Gasteiger partial charge in [0.05, 0.1) is 5.69 Å². The fourth-order valence-corrected chi connectivity index (χ4v) is 2.84. The number of nitrogens with two attached hydrogens (primary N) is 1. The molecular weight excluding hydrogens is 298 g/mol. The van der Waals surface area contributed by atoms with Crippen LogP contribution in [0.15, 0.2) is 17.5 Å². The summed E-state index contributed by atoms with van der Waals surface area (Å²) in [5, 5.41) is 2.77. The van der Waals surface area contributed by atoms with Gasteiger partial charge in [-0.15, -0.1) is 11.3 Å². The largest absolute Gasteiger partial charge is 0.487 e. The third kappa shape index (κ3) is 3.27. The number of hydrogen-bond acceptors (Lipinski definition) is 5. The molecule has 1 aromatic heterocycles. The van der Waals surface area contributed by atoms with Gasteiger partial charge in [0.1, 0.15) is 12.4 Å². The molecule has 0 unspecified atom stereocenters. The van der Waals surface area contributed by atoms with E-state index >= 15 is 0 Å². The second kappa shape index (κ2) is 6.21. The van der Waals surface area contributed by atoms with Crippen LogP contribution in [0.2, 0.25) is 5.02 Å². The number of nitrogens with zero attached hydrogens (tertiary/aromatic N) is 1. The predicted molar refractivity (Wildman–Crippen MR) is 79.0 cm³/mol. The lowest BCUT2D eigenvalue weighted by Gasteiger charge is -2.11. The average Bonchev–Trinajstić information content (AvgIpc) is 2.85. The lowest BCUT2D eigenvalue weighted by atomic mass is 10.1. The summed E-state index contributed by atoms with van der Waals surface area (Å²) in [6, 6.07) is 3.69. The van der Waals surface area contributed by atoms with Crippen molar-refractivity contribution in [2.75, 3.05) is 0 Å². The molecule has 0 bridgehead atoms. The molecule has 0 saturated carbocycles. The zero-order valence-electron chi connectivity index (χ0n) is 11.1. The molecule has 0 atom stereocenters. The van der Waals surface area contributed by atoms with E-state index in [2.05, 4.69) is 4.98 Å². The number of nitrogens with one attached hydrogen (secondary N) is 1. The number of aromatic nitrogens is 1. The summed E-state index contributed by atoms with van der Waals surface area (Å²) in [6.07, 6.45) is 0. The molecule has 3 N–H and O–H groups in total.